The van der Waals surface area contributed by atoms with E-state index < -0.39 is 0 Å². The van der Waals surface area contributed by atoms with E-state index in [2.05, 4.69) is 15.7 Å². The highest BCUT2D eigenvalue weighted by atomic mass is 35.5. The van der Waals surface area contributed by atoms with Gasteiger partial charge in [0.25, 0.3) is 0 Å². The number of benzene rings is 1. The van der Waals surface area contributed by atoms with Crippen molar-refractivity contribution in [1.82, 2.24) is 4.98 Å². The molecule has 0 fully saturated rings. The van der Waals surface area contributed by atoms with E-state index in [4.69, 9.17) is 33.8 Å². The van der Waals surface area contributed by atoms with Gasteiger partial charge in [-0.1, -0.05) is 41.4 Å². The molecule has 0 aliphatic carbocycles. The van der Waals surface area contributed by atoms with E-state index in [1.54, 1.807) is 13.2 Å². The SMILES string of the molecule is COc1ccccc1CNc1nc(NN)c(Cl)cc1Cl. The van der Waals surface area contributed by atoms with Crippen LogP contribution < -0.4 is 21.3 Å². The summed E-state index contributed by atoms with van der Waals surface area (Å²) in [5.74, 6) is 6.98. The van der Waals surface area contributed by atoms with Gasteiger partial charge in [-0.05, 0) is 12.1 Å². The Balaban J connectivity index is 2.18. The Hall–Kier alpha value is -1.69. The third kappa shape index (κ3) is 3.25. The van der Waals surface area contributed by atoms with Crippen molar-refractivity contribution in [2.45, 2.75) is 6.54 Å². The molecule has 0 unspecified atom stereocenters. The number of rotatable bonds is 5. The molecule has 0 atom stereocenters. The first kappa shape index (κ1) is 14.7. The maximum Gasteiger partial charge on any atom is 0.161 e. The number of ether oxygens (including phenoxy) is 1. The van der Waals surface area contributed by atoms with Crippen molar-refractivity contribution in [3.8, 4) is 5.75 Å². The molecule has 20 heavy (non-hydrogen) atoms. The Morgan fingerprint density at radius 1 is 1.20 bits per heavy atom. The van der Waals surface area contributed by atoms with Crippen LogP contribution in [0, 0.1) is 0 Å². The number of nitrogens with two attached hydrogens (primary N) is 1. The highest BCUT2D eigenvalue weighted by Crippen LogP contribution is 2.29. The average Bonchev–Trinajstić information content (AvgIpc) is 2.46. The van der Waals surface area contributed by atoms with Crippen LogP contribution in [0.1, 0.15) is 5.56 Å². The zero-order chi connectivity index (χ0) is 14.5. The van der Waals surface area contributed by atoms with Crippen LogP contribution in [0.25, 0.3) is 0 Å². The van der Waals surface area contributed by atoms with Crippen LogP contribution in [0.5, 0.6) is 5.75 Å². The number of hydrogen-bond acceptors (Lipinski definition) is 5. The number of aromatic nitrogens is 1. The van der Waals surface area contributed by atoms with Gasteiger partial charge < -0.3 is 15.5 Å². The predicted molar refractivity (Wildman–Crippen MR) is 82.4 cm³/mol. The van der Waals surface area contributed by atoms with Gasteiger partial charge in [0.1, 0.15) is 11.6 Å². The average molecular weight is 313 g/mol. The van der Waals surface area contributed by atoms with Crippen LogP contribution in [0.4, 0.5) is 11.6 Å². The summed E-state index contributed by atoms with van der Waals surface area (Å²) >= 11 is 12.0. The molecule has 1 aromatic carbocycles. The lowest BCUT2D eigenvalue weighted by molar-refractivity contribution is 0.410. The maximum absolute atomic E-state index is 6.09. The molecule has 0 saturated heterocycles. The van der Waals surface area contributed by atoms with Gasteiger partial charge in [0, 0.05) is 12.1 Å². The number of nitrogen functional groups attached to an aromatic ring is 1. The number of nitrogens with one attached hydrogen (secondary N) is 2. The number of pyridine rings is 1. The molecule has 0 amide bonds. The summed E-state index contributed by atoms with van der Waals surface area (Å²) in [6, 6.07) is 9.27. The minimum Gasteiger partial charge on any atom is -0.496 e. The van der Waals surface area contributed by atoms with Crippen molar-refractivity contribution in [3.05, 3.63) is 45.9 Å². The number of methoxy groups -OCH3 is 1. The zero-order valence-corrected chi connectivity index (χ0v) is 12.3. The van der Waals surface area contributed by atoms with Crippen molar-refractivity contribution in [3.63, 3.8) is 0 Å². The molecule has 0 bridgehead atoms. The van der Waals surface area contributed by atoms with Crippen LogP contribution in [-0.2, 0) is 6.54 Å². The number of hydrogen-bond donors (Lipinski definition) is 3. The van der Waals surface area contributed by atoms with E-state index in [-0.39, 0.29) is 0 Å². The van der Waals surface area contributed by atoms with Crippen LogP contribution in [0.2, 0.25) is 10.0 Å². The highest BCUT2D eigenvalue weighted by Gasteiger charge is 2.09. The maximum atomic E-state index is 6.09. The van der Waals surface area contributed by atoms with E-state index in [0.717, 1.165) is 11.3 Å². The van der Waals surface area contributed by atoms with Gasteiger partial charge in [-0.3, -0.25) is 0 Å². The van der Waals surface area contributed by atoms with Gasteiger partial charge in [0.05, 0.1) is 17.2 Å². The van der Waals surface area contributed by atoms with Crippen LogP contribution >= 0.6 is 23.2 Å². The lowest BCUT2D eigenvalue weighted by Gasteiger charge is -2.12. The second-order valence-corrected chi connectivity index (χ2v) is 4.77. The Morgan fingerprint density at radius 2 is 1.90 bits per heavy atom. The third-order valence-electron chi connectivity index (χ3n) is 2.71. The first-order valence-electron chi connectivity index (χ1n) is 5.84. The van der Waals surface area contributed by atoms with Crippen molar-refractivity contribution in [2.24, 2.45) is 5.84 Å². The van der Waals surface area contributed by atoms with Crippen molar-refractivity contribution >= 4 is 34.8 Å². The summed E-state index contributed by atoms with van der Waals surface area (Å²) in [4.78, 5) is 4.21. The number of halogens is 2. The lowest BCUT2D eigenvalue weighted by atomic mass is 10.2. The normalized spacial score (nSPS) is 10.2. The largest absolute Gasteiger partial charge is 0.496 e. The first-order valence-corrected chi connectivity index (χ1v) is 6.59. The predicted octanol–water partition coefficient (Wildman–Crippen LogP) is 3.29. The van der Waals surface area contributed by atoms with Gasteiger partial charge in [-0.15, -0.1) is 0 Å². The standard InChI is InChI=1S/C13H14Cl2N4O/c1-20-11-5-3-2-4-8(11)7-17-12-9(14)6-10(15)13(18-12)19-16/h2-6H,7,16H2,1H3,(H2,17,18,19). The van der Waals surface area contributed by atoms with Crippen LogP contribution in [0.15, 0.2) is 30.3 Å². The zero-order valence-electron chi connectivity index (χ0n) is 10.8. The van der Waals surface area contributed by atoms with E-state index in [1.807, 2.05) is 24.3 Å². The van der Waals surface area contributed by atoms with E-state index in [0.29, 0.717) is 28.2 Å². The molecule has 2 aromatic rings. The van der Waals surface area contributed by atoms with E-state index >= 15 is 0 Å². The monoisotopic (exact) mass is 312 g/mol. The molecule has 2 rings (SSSR count). The molecule has 106 valence electrons. The molecule has 7 heteroatoms. The Bertz CT molecular complexity index is 607. The van der Waals surface area contributed by atoms with Crippen molar-refractivity contribution in [2.75, 3.05) is 17.9 Å². The number of hydrazine groups is 1. The van der Waals surface area contributed by atoms with Gasteiger partial charge in [0.15, 0.2) is 5.82 Å². The molecule has 1 heterocycles. The summed E-state index contributed by atoms with van der Waals surface area (Å²) < 4.78 is 5.28. The molecule has 5 nitrogen and oxygen atoms in total. The number of anilines is 2. The minimum atomic E-state index is 0.360. The minimum absolute atomic E-state index is 0.360. The molecule has 0 saturated carbocycles. The fraction of sp³-hybridized carbons (Fsp3) is 0.154. The quantitative estimate of drug-likeness (QED) is 0.583. The van der Waals surface area contributed by atoms with Gasteiger partial charge in [-0.25, -0.2) is 10.8 Å². The summed E-state index contributed by atoms with van der Waals surface area (Å²) in [7, 11) is 1.63. The summed E-state index contributed by atoms with van der Waals surface area (Å²) in [6.45, 7) is 0.516. The van der Waals surface area contributed by atoms with Gasteiger partial charge in [0.2, 0.25) is 0 Å². The topological polar surface area (TPSA) is 72.2 Å². The molecular weight excluding hydrogens is 299 g/mol. The third-order valence-corrected chi connectivity index (χ3v) is 3.28. The Labute approximate surface area is 127 Å². The smallest absolute Gasteiger partial charge is 0.161 e. The highest BCUT2D eigenvalue weighted by molar-refractivity contribution is 6.37. The Morgan fingerprint density at radius 3 is 2.60 bits per heavy atom. The van der Waals surface area contributed by atoms with Crippen molar-refractivity contribution in [1.29, 1.82) is 0 Å². The number of para-hydroxylation sites is 1. The Kier molecular flexibility index (Phi) is 4.89. The fourth-order valence-corrected chi connectivity index (χ4v) is 2.20. The second-order valence-electron chi connectivity index (χ2n) is 3.96. The van der Waals surface area contributed by atoms with E-state index in [9.17, 15) is 0 Å². The van der Waals surface area contributed by atoms with Gasteiger partial charge in [-0.2, -0.15) is 0 Å². The summed E-state index contributed by atoms with van der Waals surface area (Å²) in [5.41, 5.74) is 3.41. The number of nitrogens with zero attached hydrogens (tertiary/aromatic N) is 1. The van der Waals surface area contributed by atoms with Crippen LogP contribution in [0.3, 0.4) is 0 Å². The van der Waals surface area contributed by atoms with Crippen LogP contribution in [-0.4, -0.2) is 12.1 Å². The lowest BCUT2D eigenvalue weighted by Crippen LogP contribution is -2.11. The summed E-state index contributed by atoms with van der Waals surface area (Å²) in [5, 5.41) is 3.91. The first-order chi connectivity index (χ1) is 9.65. The molecule has 0 spiro atoms. The molecule has 0 radical (unpaired) electrons. The molecule has 1 aromatic heterocycles. The molecule has 4 N–H and O–H groups in total. The van der Waals surface area contributed by atoms with E-state index in [1.165, 1.54) is 0 Å². The second kappa shape index (κ2) is 6.65. The fourth-order valence-electron chi connectivity index (χ4n) is 1.72. The summed E-state index contributed by atoms with van der Waals surface area (Å²) in [6.07, 6.45) is 0. The van der Waals surface area contributed by atoms with Crippen molar-refractivity contribution < 1.29 is 4.74 Å². The molecular formula is C13H14Cl2N4O. The molecule has 0 aliphatic rings. The molecule has 0 aliphatic heterocycles. The van der Waals surface area contributed by atoms with Gasteiger partial charge >= 0.3 is 0 Å².